The van der Waals surface area contributed by atoms with E-state index in [0.717, 1.165) is 5.56 Å². The number of hydrogen-bond acceptors (Lipinski definition) is 5. The van der Waals surface area contributed by atoms with Crippen LogP contribution in [0, 0.1) is 0 Å². The van der Waals surface area contributed by atoms with Crippen LogP contribution in [-0.4, -0.2) is 38.7 Å². The molecular weight excluding hydrogens is 384 g/mol. The average Bonchev–Trinajstić information content (AvgIpc) is 2.70. The van der Waals surface area contributed by atoms with Crippen molar-refractivity contribution in [2.45, 2.75) is 13.5 Å². The number of para-hydroxylation sites is 1. The molecule has 7 nitrogen and oxygen atoms in total. The number of nitrogens with one attached hydrogen (secondary N) is 2. The lowest BCUT2D eigenvalue weighted by atomic mass is 10.2. The van der Waals surface area contributed by atoms with Gasteiger partial charge in [-0.05, 0) is 36.8 Å². The van der Waals surface area contributed by atoms with Gasteiger partial charge in [0.1, 0.15) is 5.75 Å². The first-order chi connectivity index (χ1) is 13.5. The van der Waals surface area contributed by atoms with Crippen molar-refractivity contribution < 1.29 is 23.8 Å². The molecule has 2 aromatic carbocycles. The zero-order valence-electron chi connectivity index (χ0n) is 15.8. The number of halogens is 1. The molecule has 0 heterocycles. The summed E-state index contributed by atoms with van der Waals surface area (Å²) >= 11 is 5.98. The van der Waals surface area contributed by atoms with Crippen molar-refractivity contribution in [3.05, 3.63) is 53.1 Å². The van der Waals surface area contributed by atoms with Crippen molar-refractivity contribution in [3.63, 3.8) is 0 Å². The number of rotatable bonds is 10. The summed E-state index contributed by atoms with van der Waals surface area (Å²) in [5.41, 5.74) is 0.813. The SMILES string of the molecule is CCNC(=O)COc1ccc(CNC(=O)COc2ccccc2Cl)cc1OC. The van der Waals surface area contributed by atoms with Crippen LogP contribution in [0.3, 0.4) is 0 Å². The van der Waals surface area contributed by atoms with Crippen LogP contribution in [0.25, 0.3) is 0 Å². The summed E-state index contributed by atoms with van der Waals surface area (Å²) in [6.45, 7) is 2.42. The molecule has 0 fully saturated rings. The van der Waals surface area contributed by atoms with E-state index in [1.807, 2.05) is 6.92 Å². The van der Waals surface area contributed by atoms with Crippen molar-refractivity contribution in [2.75, 3.05) is 26.9 Å². The van der Waals surface area contributed by atoms with E-state index in [4.69, 9.17) is 25.8 Å². The number of ether oxygens (including phenoxy) is 3. The molecular formula is C20H23ClN2O5. The minimum absolute atomic E-state index is 0.0976. The van der Waals surface area contributed by atoms with Crippen molar-refractivity contribution in [1.29, 1.82) is 0 Å². The Bertz CT molecular complexity index is 813. The highest BCUT2D eigenvalue weighted by Crippen LogP contribution is 2.28. The molecule has 0 aliphatic rings. The van der Waals surface area contributed by atoms with E-state index in [0.29, 0.717) is 28.8 Å². The van der Waals surface area contributed by atoms with Gasteiger partial charge in [0.05, 0.1) is 12.1 Å². The Balaban J connectivity index is 1.85. The monoisotopic (exact) mass is 406 g/mol. The maximum absolute atomic E-state index is 12.0. The number of amides is 2. The molecule has 150 valence electrons. The van der Waals surface area contributed by atoms with Crippen LogP contribution >= 0.6 is 11.6 Å². The van der Waals surface area contributed by atoms with Crippen LogP contribution in [-0.2, 0) is 16.1 Å². The average molecular weight is 407 g/mol. The third kappa shape index (κ3) is 6.66. The molecule has 0 spiro atoms. The molecule has 2 rings (SSSR count). The van der Waals surface area contributed by atoms with Gasteiger partial charge in [0.2, 0.25) is 0 Å². The minimum atomic E-state index is -0.282. The van der Waals surface area contributed by atoms with Gasteiger partial charge in [-0.15, -0.1) is 0 Å². The zero-order valence-corrected chi connectivity index (χ0v) is 16.5. The predicted molar refractivity (Wildman–Crippen MR) is 106 cm³/mol. The number of methoxy groups -OCH3 is 1. The number of carbonyl (C=O) groups is 2. The van der Waals surface area contributed by atoms with Crippen LogP contribution in [0.5, 0.6) is 17.2 Å². The Kier molecular flexibility index (Phi) is 8.42. The van der Waals surface area contributed by atoms with Crippen molar-refractivity contribution in [3.8, 4) is 17.2 Å². The predicted octanol–water partition coefficient (Wildman–Crippen LogP) is 2.56. The first-order valence-electron chi connectivity index (χ1n) is 8.74. The summed E-state index contributed by atoms with van der Waals surface area (Å²) in [5, 5.41) is 5.86. The maximum atomic E-state index is 12.0. The molecule has 0 unspecified atom stereocenters. The summed E-state index contributed by atoms with van der Waals surface area (Å²) in [4.78, 5) is 23.5. The largest absolute Gasteiger partial charge is 0.493 e. The molecule has 2 aromatic rings. The maximum Gasteiger partial charge on any atom is 0.258 e. The highest BCUT2D eigenvalue weighted by molar-refractivity contribution is 6.32. The summed E-state index contributed by atoms with van der Waals surface area (Å²) in [7, 11) is 1.51. The number of hydrogen-bond donors (Lipinski definition) is 2. The molecule has 0 aliphatic heterocycles. The standard InChI is InChI=1S/C20H23ClN2O5/c1-3-22-19(24)12-28-17-9-8-14(10-18(17)26-2)11-23-20(25)13-27-16-7-5-4-6-15(16)21/h4-10H,3,11-13H2,1-2H3,(H,22,24)(H,23,25). The van der Waals surface area contributed by atoms with E-state index < -0.39 is 0 Å². The summed E-state index contributed by atoms with van der Waals surface area (Å²) < 4.78 is 16.2. The Morgan fingerprint density at radius 1 is 0.929 bits per heavy atom. The lowest BCUT2D eigenvalue weighted by Gasteiger charge is -2.13. The second-order valence-corrected chi connectivity index (χ2v) is 6.13. The van der Waals surface area contributed by atoms with E-state index in [-0.39, 0.29) is 31.6 Å². The van der Waals surface area contributed by atoms with Gasteiger partial charge in [0.25, 0.3) is 11.8 Å². The summed E-state index contributed by atoms with van der Waals surface area (Å²) in [5.74, 6) is 0.888. The topological polar surface area (TPSA) is 85.9 Å². The van der Waals surface area contributed by atoms with Crippen LogP contribution in [0.2, 0.25) is 5.02 Å². The second-order valence-electron chi connectivity index (χ2n) is 5.72. The first kappa shape index (κ1) is 21.4. The van der Waals surface area contributed by atoms with Gasteiger partial charge in [0, 0.05) is 13.1 Å². The zero-order chi connectivity index (χ0) is 20.4. The minimum Gasteiger partial charge on any atom is -0.493 e. The Morgan fingerprint density at radius 3 is 2.29 bits per heavy atom. The van der Waals surface area contributed by atoms with Gasteiger partial charge in [0.15, 0.2) is 24.7 Å². The fourth-order valence-corrected chi connectivity index (χ4v) is 2.48. The third-order valence-corrected chi connectivity index (χ3v) is 3.96. The van der Waals surface area contributed by atoms with E-state index >= 15 is 0 Å². The molecule has 28 heavy (non-hydrogen) atoms. The van der Waals surface area contributed by atoms with Gasteiger partial charge in [-0.25, -0.2) is 0 Å². The summed E-state index contributed by atoms with van der Waals surface area (Å²) in [6, 6.07) is 12.2. The molecule has 2 N–H and O–H groups in total. The Labute approximate surface area is 168 Å². The molecule has 0 aromatic heterocycles. The van der Waals surface area contributed by atoms with Crippen LogP contribution in [0.15, 0.2) is 42.5 Å². The molecule has 8 heteroatoms. The van der Waals surface area contributed by atoms with E-state index in [1.54, 1.807) is 42.5 Å². The van der Waals surface area contributed by atoms with Gasteiger partial charge in [-0.1, -0.05) is 29.8 Å². The van der Waals surface area contributed by atoms with Crippen molar-refractivity contribution in [2.24, 2.45) is 0 Å². The first-order valence-corrected chi connectivity index (χ1v) is 9.11. The molecule has 0 aliphatic carbocycles. The van der Waals surface area contributed by atoms with E-state index in [9.17, 15) is 9.59 Å². The smallest absolute Gasteiger partial charge is 0.258 e. The number of likely N-dealkylation sites (N-methyl/N-ethyl adjacent to an activating group) is 1. The lowest BCUT2D eigenvalue weighted by Crippen LogP contribution is -2.28. The lowest BCUT2D eigenvalue weighted by molar-refractivity contribution is -0.123. The molecule has 2 amide bonds. The van der Waals surface area contributed by atoms with Crippen molar-refractivity contribution >= 4 is 23.4 Å². The fourth-order valence-electron chi connectivity index (χ4n) is 2.29. The molecule has 0 bridgehead atoms. The van der Waals surface area contributed by atoms with E-state index in [2.05, 4.69) is 10.6 Å². The quantitative estimate of drug-likeness (QED) is 0.633. The van der Waals surface area contributed by atoms with E-state index in [1.165, 1.54) is 7.11 Å². The van der Waals surface area contributed by atoms with Crippen molar-refractivity contribution in [1.82, 2.24) is 10.6 Å². The highest BCUT2D eigenvalue weighted by atomic mass is 35.5. The molecule has 0 saturated carbocycles. The molecule has 0 atom stereocenters. The van der Waals surface area contributed by atoms with Crippen LogP contribution in [0.4, 0.5) is 0 Å². The molecule has 0 saturated heterocycles. The van der Waals surface area contributed by atoms with Gasteiger partial charge in [-0.3, -0.25) is 9.59 Å². The highest BCUT2D eigenvalue weighted by Gasteiger charge is 2.10. The Hall–Kier alpha value is -2.93. The van der Waals surface area contributed by atoms with Gasteiger partial charge < -0.3 is 24.8 Å². The number of carbonyl (C=O) groups excluding carboxylic acids is 2. The Morgan fingerprint density at radius 2 is 1.61 bits per heavy atom. The van der Waals surface area contributed by atoms with Crippen LogP contribution < -0.4 is 24.8 Å². The van der Waals surface area contributed by atoms with Gasteiger partial charge in [-0.2, -0.15) is 0 Å². The number of benzene rings is 2. The van der Waals surface area contributed by atoms with Gasteiger partial charge >= 0.3 is 0 Å². The molecule has 0 radical (unpaired) electrons. The normalized spacial score (nSPS) is 10.1. The second kappa shape index (κ2) is 11.0. The summed E-state index contributed by atoms with van der Waals surface area (Å²) in [6.07, 6.45) is 0. The van der Waals surface area contributed by atoms with Crippen LogP contribution in [0.1, 0.15) is 12.5 Å². The fraction of sp³-hybridized carbons (Fsp3) is 0.300. The third-order valence-electron chi connectivity index (χ3n) is 3.65.